The molecule has 278 valence electrons. The van der Waals surface area contributed by atoms with Crippen molar-refractivity contribution >= 4 is 10.8 Å². The average molecular weight is 762 g/mol. The minimum absolute atomic E-state index is 0.660. The van der Waals surface area contributed by atoms with Crippen LogP contribution < -0.4 is 0 Å². The summed E-state index contributed by atoms with van der Waals surface area (Å²) in [5, 5.41) is 12.0. The SMILES string of the molecule is N#Cc1ccc(-c2ccc3c4c(ccc(-c5ccc(-c6ccc(-c7ccc(-c8cc(-c9ccccc9)nc(-c9ccccc9)n8)cc7)cc6)cc5)c24)-c2ccccc2-3)cc1. The van der Waals surface area contributed by atoms with Crippen LogP contribution in [0.1, 0.15) is 5.56 Å². The molecule has 1 aliphatic rings. The molecule has 0 unspecified atom stereocenters. The van der Waals surface area contributed by atoms with Crippen LogP contribution in [0.15, 0.2) is 212 Å². The average Bonchev–Trinajstić information content (AvgIpc) is 3.66. The Hall–Kier alpha value is -8.19. The minimum atomic E-state index is 0.660. The van der Waals surface area contributed by atoms with Gasteiger partial charge in [-0.15, -0.1) is 0 Å². The molecule has 60 heavy (non-hydrogen) atoms. The molecule has 3 nitrogen and oxygen atoms in total. The van der Waals surface area contributed by atoms with E-state index in [4.69, 9.17) is 9.97 Å². The highest BCUT2D eigenvalue weighted by Gasteiger charge is 2.25. The first-order chi connectivity index (χ1) is 29.7. The predicted molar refractivity (Wildman–Crippen MR) is 247 cm³/mol. The summed E-state index contributed by atoms with van der Waals surface area (Å²) >= 11 is 0. The first kappa shape index (κ1) is 35.0. The van der Waals surface area contributed by atoms with Crippen molar-refractivity contribution in [1.29, 1.82) is 5.26 Å². The van der Waals surface area contributed by atoms with Crippen LogP contribution in [0.4, 0.5) is 0 Å². The lowest BCUT2D eigenvalue weighted by atomic mass is 9.88. The van der Waals surface area contributed by atoms with Gasteiger partial charge in [-0.3, -0.25) is 0 Å². The molecule has 3 heteroatoms. The highest BCUT2D eigenvalue weighted by molar-refractivity contribution is 6.22. The summed E-state index contributed by atoms with van der Waals surface area (Å²) in [5.41, 5.74) is 19.9. The molecule has 0 N–H and O–H groups in total. The van der Waals surface area contributed by atoms with Gasteiger partial charge < -0.3 is 0 Å². The van der Waals surface area contributed by atoms with Gasteiger partial charge >= 0.3 is 0 Å². The van der Waals surface area contributed by atoms with Crippen molar-refractivity contribution < 1.29 is 0 Å². The maximum absolute atomic E-state index is 9.48. The molecular weight excluding hydrogens is 727 g/mol. The fourth-order valence-electron chi connectivity index (χ4n) is 8.70. The predicted octanol–water partition coefficient (Wildman–Crippen LogP) is 14.8. The van der Waals surface area contributed by atoms with Crippen molar-refractivity contribution in [1.82, 2.24) is 9.97 Å². The number of hydrogen-bond donors (Lipinski definition) is 0. The Labute approximate surface area is 349 Å². The molecule has 11 rings (SSSR count). The van der Waals surface area contributed by atoms with Crippen LogP contribution in [0.5, 0.6) is 0 Å². The number of nitriles is 1. The van der Waals surface area contributed by atoms with Crippen molar-refractivity contribution in [3.63, 3.8) is 0 Å². The molecule has 0 amide bonds. The monoisotopic (exact) mass is 761 g/mol. The molecule has 0 radical (unpaired) electrons. The van der Waals surface area contributed by atoms with Crippen LogP contribution in [0, 0.1) is 11.3 Å². The molecule has 0 fully saturated rings. The summed E-state index contributed by atoms with van der Waals surface area (Å²) in [6.45, 7) is 0. The molecule has 10 aromatic rings. The maximum atomic E-state index is 9.48. The number of rotatable bonds is 7. The zero-order chi connectivity index (χ0) is 40.0. The molecule has 0 spiro atoms. The fraction of sp³-hybridized carbons (Fsp3) is 0. The third kappa shape index (κ3) is 6.16. The van der Waals surface area contributed by atoms with E-state index in [-0.39, 0.29) is 0 Å². The number of hydrogen-bond acceptors (Lipinski definition) is 3. The van der Waals surface area contributed by atoms with Crippen molar-refractivity contribution in [2.45, 2.75) is 0 Å². The van der Waals surface area contributed by atoms with Crippen LogP contribution in [-0.4, -0.2) is 9.97 Å². The number of benzene rings is 9. The molecule has 0 saturated heterocycles. The Morgan fingerprint density at radius 1 is 0.283 bits per heavy atom. The normalized spacial score (nSPS) is 11.3. The molecule has 0 saturated carbocycles. The summed E-state index contributed by atoms with van der Waals surface area (Å²) in [5.74, 6) is 0.712. The molecular formula is C57H35N3. The summed E-state index contributed by atoms with van der Waals surface area (Å²) in [7, 11) is 0. The Balaban J connectivity index is 0.896. The second kappa shape index (κ2) is 14.6. The van der Waals surface area contributed by atoms with E-state index in [1.165, 1.54) is 60.8 Å². The molecule has 1 heterocycles. The zero-order valence-electron chi connectivity index (χ0n) is 32.5. The van der Waals surface area contributed by atoms with Gasteiger partial charge in [0.25, 0.3) is 0 Å². The summed E-state index contributed by atoms with van der Waals surface area (Å²) in [6.07, 6.45) is 0. The van der Waals surface area contributed by atoms with Crippen LogP contribution in [0.3, 0.4) is 0 Å². The molecule has 0 aliphatic heterocycles. The molecule has 1 aliphatic carbocycles. The third-order valence-electron chi connectivity index (χ3n) is 11.7. The second-order valence-corrected chi connectivity index (χ2v) is 15.2. The standard InChI is InChI=1S/C57H35N3/c58-36-37-15-17-42(18-16-37)47-31-33-51-49-13-7-8-14-50(49)52-34-32-48(55(47)56(51)52)43-27-23-40(24-28-43)38-19-21-39(22-20-38)41-25-29-45(30-26-41)54-35-53(44-9-3-1-4-10-44)59-57(60-54)46-11-5-2-6-12-46/h1-35H. The third-order valence-corrected chi connectivity index (χ3v) is 11.7. The highest BCUT2D eigenvalue weighted by atomic mass is 14.9. The second-order valence-electron chi connectivity index (χ2n) is 15.2. The summed E-state index contributed by atoms with van der Waals surface area (Å²) < 4.78 is 0. The van der Waals surface area contributed by atoms with Gasteiger partial charge in [-0.25, -0.2) is 9.97 Å². The van der Waals surface area contributed by atoms with E-state index in [1.54, 1.807) is 0 Å². The van der Waals surface area contributed by atoms with Gasteiger partial charge in [0.05, 0.1) is 23.0 Å². The van der Waals surface area contributed by atoms with E-state index >= 15 is 0 Å². The Bertz CT molecular complexity index is 3170. The van der Waals surface area contributed by atoms with Crippen molar-refractivity contribution in [3.8, 4) is 107 Å². The Morgan fingerprint density at radius 3 is 1.10 bits per heavy atom. The van der Waals surface area contributed by atoms with Crippen molar-refractivity contribution in [3.05, 3.63) is 218 Å². The van der Waals surface area contributed by atoms with Crippen LogP contribution in [0.25, 0.3) is 111 Å². The first-order valence-electron chi connectivity index (χ1n) is 20.2. The lowest BCUT2D eigenvalue weighted by molar-refractivity contribution is 1.18. The van der Waals surface area contributed by atoms with Gasteiger partial charge in [0.15, 0.2) is 5.82 Å². The van der Waals surface area contributed by atoms with E-state index in [0.717, 1.165) is 44.8 Å². The fourth-order valence-corrected chi connectivity index (χ4v) is 8.70. The Kier molecular flexibility index (Phi) is 8.54. The number of fused-ring (bicyclic) bond motifs is 3. The van der Waals surface area contributed by atoms with Gasteiger partial charge in [0.2, 0.25) is 0 Å². The highest BCUT2D eigenvalue weighted by Crippen LogP contribution is 2.52. The minimum Gasteiger partial charge on any atom is -0.228 e. The van der Waals surface area contributed by atoms with Gasteiger partial charge in [-0.05, 0) is 95.7 Å². The Morgan fingerprint density at radius 2 is 0.633 bits per heavy atom. The first-order valence-corrected chi connectivity index (χ1v) is 20.2. The van der Waals surface area contributed by atoms with Gasteiger partial charge in [0, 0.05) is 16.7 Å². The zero-order valence-corrected chi connectivity index (χ0v) is 32.5. The molecule has 0 bridgehead atoms. The molecule has 9 aromatic carbocycles. The smallest absolute Gasteiger partial charge is 0.160 e. The quantitative estimate of drug-likeness (QED) is 0.162. The van der Waals surface area contributed by atoms with Crippen LogP contribution in [-0.2, 0) is 0 Å². The van der Waals surface area contributed by atoms with E-state index < -0.39 is 0 Å². The van der Waals surface area contributed by atoms with Crippen LogP contribution in [0.2, 0.25) is 0 Å². The largest absolute Gasteiger partial charge is 0.228 e. The summed E-state index contributed by atoms with van der Waals surface area (Å²) in [6, 6.07) is 76.9. The van der Waals surface area contributed by atoms with Gasteiger partial charge in [0.1, 0.15) is 0 Å². The lowest BCUT2D eigenvalue weighted by Gasteiger charge is -2.15. The van der Waals surface area contributed by atoms with E-state index in [2.05, 4.69) is 170 Å². The number of aromatic nitrogens is 2. The van der Waals surface area contributed by atoms with Crippen molar-refractivity contribution in [2.75, 3.05) is 0 Å². The lowest BCUT2D eigenvalue weighted by Crippen LogP contribution is -1.95. The maximum Gasteiger partial charge on any atom is 0.160 e. The van der Waals surface area contributed by atoms with Crippen LogP contribution >= 0.6 is 0 Å². The topological polar surface area (TPSA) is 49.6 Å². The van der Waals surface area contributed by atoms with Crippen molar-refractivity contribution in [2.24, 2.45) is 0 Å². The molecule has 1 aromatic heterocycles. The van der Waals surface area contributed by atoms with E-state index in [9.17, 15) is 5.26 Å². The van der Waals surface area contributed by atoms with Gasteiger partial charge in [-0.1, -0.05) is 194 Å². The van der Waals surface area contributed by atoms with E-state index in [0.29, 0.717) is 11.4 Å². The van der Waals surface area contributed by atoms with Gasteiger partial charge in [-0.2, -0.15) is 5.26 Å². The number of nitrogens with zero attached hydrogens (tertiary/aromatic N) is 3. The molecule has 0 atom stereocenters. The summed E-state index contributed by atoms with van der Waals surface area (Å²) in [4.78, 5) is 9.96. The van der Waals surface area contributed by atoms with E-state index in [1.807, 2.05) is 48.5 Å².